The largest absolute Gasteiger partial charge is 0.345 e. The van der Waals surface area contributed by atoms with Gasteiger partial charge >= 0.3 is 0 Å². The van der Waals surface area contributed by atoms with Gasteiger partial charge in [-0.25, -0.2) is 0 Å². The van der Waals surface area contributed by atoms with Crippen LogP contribution < -0.4 is 0 Å². The van der Waals surface area contributed by atoms with Crippen molar-refractivity contribution in [2.24, 2.45) is 0 Å². The molecule has 0 radical (unpaired) electrons. The van der Waals surface area contributed by atoms with Crippen molar-refractivity contribution in [2.45, 2.75) is 70.5 Å². The van der Waals surface area contributed by atoms with Crippen LogP contribution in [-0.2, 0) is 22.6 Å². The third-order valence-electron chi connectivity index (χ3n) is 7.00. The summed E-state index contributed by atoms with van der Waals surface area (Å²) >= 11 is 5.76. The lowest BCUT2D eigenvalue weighted by atomic mass is 10.1. The second-order valence-electron chi connectivity index (χ2n) is 8.82. The zero-order chi connectivity index (χ0) is 22.7. The number of hydrogen-bond acceptors (Lipinski definition) is 3. The Hall–Kier alpha value is -2.52. The third-order valence-corrected chi connectivity index (χ3v) is 7.18. The predicted octanol–water partition coefficient (Wildman–Crippen LogP) is 4.08. The van der Waals surface area contributed by atoms with Crippen molar-refractivity contribution >= 4 is 34.3 Å². The van der Waals surface area contributed by atoms with E-state index < -0.39 is 0 Å². The van der Waals surface area contributed by atoms with E-state index in [9.17, 15) is 14.9 Å². The lowest BCUT2D eigenvalue weighted by molar-refractivity contribution is -0.144. The molecule has 1 aromatic heterocycles. The number of amides is 2. The average Bonchev–Trinajstić information content (AvgIpc) is 3.54. The number of hydrogen-bond donors (Lipinski definition) is 0. The maximum atomic E-state index is 13.4. The van der Waals surface area contributed by atoms with Crippen LogP contribution in [-0.4, -0.2) is 57.2 Å². The van der Waals surface area contributed by atoms with Gasteiger partial charge in [-0.05, 0) is 69.0 Å². The van der Waals surface area contributed by atoms with Crippen LogP contribution in [0.5, 0.6) is 0 Å². The molecule has 1 aromatic carbocycles. The van der Waals surface area contributed by atoms with Gasteiger partial charge in [0.05, 0.1) is 11.6 Å². The molecule has 4 rings (SSSR count). The summed E-state index contributed by atoms with van der Waals surface area (Å²) in [5.41, 5.74) is 3.02. The second-order valence-corrected chi connectivity index (χ2v) is 9.19. The van der Waals surface area contributed by atoms with E-state index in [1.807, 2.05) is 23.1 Å². The molecule has 0 N–H and O–H groups in total. The minimum Gasteiger partial charge on any atom is -0.345 e. The van der Waals surface area contributed by atoms with Crippen molar-refractivity contribution in [3.8, 4) is 6.07 Å². The number of halogens is 1. The van der Waals surface area contributed by atoms with Gasteiger partial charge in [0.2, 0.25) is 11.8 Å². The van der Waals surface area contributed by atoms with Gasteiger partial charge in [-0.3, -0.25) is 9.59 Å². The van der Waals surface area contributed by atoms with E-state index in [0.29, 0.717) is 24.4 Å². The smallest absolute Gasteiger partial charge is 0.245 e. The van der Waals surface area contributed by atoms with Crippen LogP contribution in [0.15, 0.2) is 24.3 Å². The zero-order valence-corrected chi connectivity index (χ0v) is 19.5. The highest BCUT2D eigenvalue weighted by Gasteiger charge is 2.39. The molecule has 0 bridgehead atoms. The number of nitrogens with zero attached hydrogens (tertiary/aromatic N) is 4. The van der Waals surface area contributed by atoms with Crippen molar-refractivity contribution in [2.75, 3.05) is 19.0 Å². The lowest BCUT2D eigenvalue weighted by Gasteiger charge is -2.31. The Morgan fingerprint density at radius 3 is 2.69 bits per heavy atom. The molecular formula is C25H31ClN4O2. The number of aryl methyl sites for hydroxylation is 2. The van der Waals surface area contributed by atoms with Gasteiger partial charge in [0, 0.05) is 49.2 Å². The average molecular weight is 455 g/mol. The van der Waals surface area contributed by atoms with Crippen LogP contribution in [0.4, 0.5) is 0 Å². The van der Waals surface area contributed by atoms with Crippen molar-refractivity contribution < 1.29 is 9.59 Å². The van der Waals surface area contributed by atoms with E-state index in [1.165, 1.54) is 5.69 Å². The number of rotatable bonds is 7. The van der Waals surface area contributed by atoms with E-state index in [0.717, 1.165) is 62.5 Å². The maximum Gasteiger partial charge on any atom is 0.245 e. The molecule has 2 aliphatic rings. The molecular weight excluding hydrogens is 424 g/mol. The van der Waals surface area contributed by atoms with Crippen molar-refractivity contribution in [3.05, 3.63) is 35.5 Å². The molecule has 2 aromatic rings. The molecule has 2 fully saturated rings. The number of likely N-dealkylation sites (tertiary alicyclic amines) is 2. The molecule has 0 spiro atoms. The highest BCUT2D eigenvalue weighted by Crippen LogP contribution is 2.29. The van der Waals surface area contributed by atoms with Crippen LogP contribution in [0, 0.1) is 11.3 Å². The van der Waals surface area contributed by atoms with Crippen molar-refractivity contribution in [1.29, 1.82) is 5.26 Å². The number of fused-ring (bicyclic) bond motifs is 1. The minimum absolute atomic E-state index is 0.00389. The number of nitriles is 1. The molecule has 0 saturated carbocycles. The first-order valence-electron chi connectivity index (χ1n) is 11.8. The Labute approximate surface area is 194 Å². The first kappa shape index (κ1) is 22.7. The lowest BCUT2D eigenvalue weighted by Crippen LogP contribution is -2.49. The first-order chi connectivity index (χ1) is 15.6. The number of carbonyl (C=O) groups is 2. The fourth-order valence-corrected chi connectivity index (χ4v) is 5.60. The highest BCUT2D eigenvalue weighted by molar-refractivity contribution is 6.19. The Balaban J connectivity index is 1.46. The van der Waals surface area contributed by atoms with E-state index in [4.69, 9.17) is 11.6 Å². The number of alkyl halides is 1. The fraction of sp³-hybridized carbons (Fsp3) is 0.560. The molecule has 2 aliphatic heterocycles. The van der Waals surface area contributed by atoms with Gasteiger partial charge in [0.15, 0.2) is 0 Å². The first-order valence-corrected chi connectivity index (χ1v) is 12.3. The van der Waals surface area contributed by atoms with E-state index in [-0.39, 0.29) is 23.9 Å². The number of benzene rings is 1. The molecule has 32 heavy (non-hydrogen) atoms. The van der Waals surface area contributed by atoms with E-state index in [1.54, 1.807) is 4.90 Å². The Morgan fingerprint density at radius 1 is 1.16 bits per heavy atom. The molecule has 0 aliphatic carbocycles. The zero-order valence-electron chi connectivity index (χ0n) is 18.7. The predicted molar refractivity (Wildman–Crippen MR) is 125 cm³/mol. The molecule has 7 heteroatoms. The molecule has 170 valence electrons. The van der Waals surface area contributed by atoms with Gasteiger partial charge < -0.3 is 14.4 Å². The van der Waals surface area contributed by atoms with Crippen LogP contribution in [0.2, 0.25) is 0 Å². The SMILES string of the molecule is CCn1c(CC[C@@H]2CCCN2C(=O)[C@H]2CCCN2C(=O)CCCl)cc2ccc(C#N)cc21. The molecule has 2 amide bonds. The van der Waals surface area contributed by atoms with Gasteiger partial charge in [0.1, 0.15) is 6.04 Å². The molecule has 2 atom stereocenters. The van der Waals surface area contributed by atoms with Crippen LogP contribution in [0.25, 0.3) is 10.9 Å². The Bertz CT molecular complexity index is 1040. The number of aromatic nitrogens is 1. The summed E-state index contributed by atoms with van der Waals surface area (Å²) in [7, 11) is 0. The Morgan fingerprint density at radius 2 is 1.94 bits per heavy atom. The molecule has 2 saturated heterocycles. The summed E-state index contributed by atoms with van der Waals surface area (Å²) < 4.78 is 2.28. The quantitative estimate of drug-likeness (QED) is 0.592. The molecule has 0 unspecified atom stereocenters. The van der Waals surface area contributed by atoms with Crippen molar-refractivity contribution in [3.63, 3.8) is 0 Å². The van der Waals surface area contributed by atoms with Gasteiger partial charge in [-0.15, -0.1) is 11.6 Å². The fourth-order valence-electron chi connectivity index (χ4n) is 5.44. The summed E-state index contributed by atoms with van der Waals surface area (Å²) in [4.78, 5) is 29.6. The topological polar surface area (TPSA) is 69.3 Å². The monoisotopic (exact) mass is 454 g/mol. The molecule has 3 heterocycles. The summed E-state index contributed by atoms with van der Waals surface area (Å²) in [5.74, 6) is 0.405. The molecule has 6 nitrogen and oxygen atoms in total. The number of carbonyl (C=O) groups excluding carboxylic acids is 2. The van der Waals surface area contributed by atoms with Gasteiger partial charge in [0.25, 0.3) is 0 Å². The summed E-state index contributed by atoms with van der Waals surface area (Å²) in [6.07, 6.45) is 5.75. The standard InChI is InChI=1S/C25H31ClN4O2/c1-2-28-21(16-19-8-7-18(17-27)15-23(19)28)10-9-20-5-3-13-29(20)25(32)22-6-4-14-30(22)24(31)11-12-26/h7-8,15-16,20,22H,2-6,9-14H2,1H3/t20-,22+/m0/s1. The van der Waals surface area contributed by atoms with E-state index >= 15 is 0 Å². The van der Waals surface area contributed by atoms with E-state index in [2.05, 4.69) is 23.6 Å². The summed E-state index contributed by atoms with van der Waals surface area (Å²) in [6.45, 7) is 4.41. The summed E-state index contributed by atoms with van der Waals surface area (Å²) in [5, 5.41) is 10.4. The van der Waals surface area contributed by atoms with Gasteiger partial charge in [-0.2, -0.15) is 5.26 Å². The normalized spacial score (nSPS) is 20.8. The van der Waals surface area contributed by atoms with Gasteiger partial charge in [-0.1, -0.05) is 6.07 Å². The Kier molecular flexibility index (Phi) is 7.05. The highest BCUT2D eigenvalue weighted by atomic mass is 35.5. The van der Waals surface area contributed by atoms with Crippen molar-refractivity contribution in [1.82, 2.24) is 14.4 Å². The third kappa shape index (κ3) is 4.36. The van der Waals surface area contributed by atoms with Crippen LogP contribution in [0.1, 0.15) is 56.7 Å². The maximum absolute atomic E-state index is 13.4. The van der Waals surface area contributed by atoms with Crippen LogP contribution >= 0.6 is 11.6 Å². The summed E-state index contributed by atoms with van der Waals surface area (Å²) in [6, 6.07) is 10.2. The second kappa shape index (κ2) is 9.95. The van der Waals surface area contributed by atoms with Crippen LogP contribution in [0.3, 0.4) is 0 Å². The minimum atomic E-state index is -0.321.